The number of nitrogens with zero attached hydrogens (tertiary/aromatic N) is 3. The predicted octanol–water partition coefficient (Wildman–Crippen LogP) is 3.16. The van der Waals surface area contributed by atoms with Gasteiger partial charge in [0, 0.05) is 26.2 Å². The van der Waals surface area contributed by atoms with Crippen LogP contribution in [0.15, 0.2) is 54.6 Å². The van der Waals surface area contributed by atoms with E-state index in [1.807, 2.05) is 87.2 Å². The van der Waals surface area contributed by atoms with Crippen LogP contribution in [0.2, 0.25) is 0 Å². The molecule has 4 aliphatic rings. The van der Waals surface area contributed by atoms with Gasteiger partial charge in [0.25, 0.3) is 0 Å². The SMILES string of the molecule is CCCN1CC=C[C@@]2(CC)O[C@]34C=CCN(Cc5ccccc5)C(=O)C3N([C@@H](CO)CC(C)C)C(=O)[C@@H]4[C@H]2C1=O. The Balaban J connectivity index is 1.65. The molecule has 0 aromatic heterocycles. The number of rotatable bonds is 9. The summed E-state index contributed by atoms with van der Waals surface area (Å²) in [4.78, 5) is 48.6. The van der Waals surface area contributed by atoms with Crippen LogP contribution in [0.5, 0.6) is 0 Å². The molecule has 0 aliphatic carbocycles. The summed E-state index contributed by atoms with van der Waals surface area (Å²) in [5.41, 5.74) is -1.31. The molecule has 1 spiro atoms. The van der Waals surface area contributed by atoms with Crippen molar-refractivity contribution >= 4 is 17.7 Å². The Labute approximate surface area is 237 Å². The molecule has 6 atom stereocenters. The number of benzene rings is 1. The fraction of sp³-hybridized carbons (Fsp3) is 0.594. The van der Waals surface area contributed by atoms with Crippen LogP contribution in [0, 0.1) is 17.8 Å². The average molecular weight is 550 g/mol. The largest absolute Gasteiger partial charge is 0.394 e. The van der Waals surface area contributed by atoms with E-state index >= 15 is 0 Å². The molecule has 0 bridgehead atoms. The highest BCUT2D eigenvalue weighted by molar-refractivity contribution is 6.00. The Hall–Kier alpha value is -2.97. The third-order valence-electron chi connectivity index (χ3n) is 9.10. The van der Waals surface area contributed by atoms with Gasteiger partial charge in [-0.3, -0.25) is 14.4 Å². The normalized spacial score (nSPS) is 32.3. The zero-order valence-corrected chi connectivity index (χ0v) is 24.2. The number of fused-ring (bicyclic) bond motifs is 2. The maximum absolute atomic E-state index is 14.6. The summed E-state index contributed by atoms with van der Waals surface area (Å²) in [6.07, 6.45) is 9.61. The highest BCUT2D eigenvalue weighted by Crippen LogP contribution is 2.59. The smallest absolute Gasteiger partial charge is 0.249 e. The van der Waals surface area contributed by atoms with Gasteiger partial charge in [0.05, 0.1) is 30.1 Å². The molecule has 8 heteroatoms. The second kappa shape index (κ2) is 11.1. The van der Waals surface area contributed by atoms with Crippen molar-refractivity contribution in [3.05, 3.63) is 60.2 Å². The van der Waals surface area contributed by atoms with Crippen molar-refractivity contribution in [2.75, 3.05) is 26.2 Å². The van der Waals surface area contributed by atoms with Gasteiger partial charge < -0.3 is 24.5 Å². The number of aliphatic hydroxyl groups is 1. The molecule has 0 radical (unpaired) electrons. The van der Waals surface area contributed by atoms with Crippen molar-refractivity contribution in [3.8, 4) is 0 Å². The van der Waals surface area contributed by atoms with Crippen LogP contribution in [0.4, 0.5) is 0 Å². The van der Waals surface area contributed by atoms with Crippen molar-refractivity contribution < 1.29 is 24.2 Å². The first-order valence-electron chi connectivity index (χ1n) is 14.8. The zero-order chi connectivity index (χ0) is 28.7. The summed E-state index contributed by atoms with van der Waals surface area (Å²) < 4.78 is 7.03. The fourth-order valence-electron chi connectivity index (χ4n) is 7.43. The molecule has 1 aromatic carbocycles. The van der Waals surface area contributed by atoms with Gasteiger partial charge in [-0.2, -0.15) is 0 Å². The van der Waals surface area contributed by atoms with E-state index < -0.39 is 35.1 Å². The molecule has 4 heterocycles. The molecule has 2 fully saturated rings. The third kappa shape index (κ3) is 4.49. The molecule has 216 valence electrons. The minimum absolute atomic E-state index is 0.0971. The predicted molar refractivity (Wildman–Crippen MR) is 152 cm³/mol. The van der Waals surface area contributed by atoms with E-state index in [0.29, 0.717) is 39.0 Å². The fourth-order valence-corrected chi connectivity index (χ4v) is 7.43. The number of likely N-dealkylation sites (tertiary alicyclic amines) is 1. The molecular formula is C32H43N3O5. The molecule has 1 unspecified atom stereocenters. The number of carbonyl (C=O) groups is 3. The highest BCUT2D eigenvalue weighted by atomic mass is 16.5. The van der Waals surface area contributed by atoms with E-state index in [0.717, 1.165) is 12.0 Å². The maximum atomic E-state index is 14.6. The zero-order valence-electron chi connectivity index (χ0n) is 24.2. The number of ether oxygens (including phenoxy) is 1. The van der Waals surface area contributed by atoms with Crippen LogP contribution in [-0.4, -0.2) is 87.1 Å². The van der Waals surface area contributed by atoms with Crippen molar-refractivity contribution in [1.82, 2.24) is 14.7 Å². The number of hydrogen-bond donors (Lipinski definition) is 1. The van der Waals surface area contributed by atoms with Gasteiger partial charge in [-0.25, -0.2) is 0 Å². The van der Waals surface area contributed by atoms with E-state index in [1.165, 1.54) is 0 Å². The summed E-state index contributed by atoms with van der Waals surface area (Å²) in [5.74, 6) is -2.00. The monoisotopic (exact) mass is 549 g/mol. The third-order valence-corrected chi connectivity index (χ3v) is 9.10. The van der Waals surface area contributed by atoms with E-state index in [9.17, 15) is 19.5 Å². The first kappa shape index (κ1) is 28.6. The number of amides is 3. The quantitative estimate of drug-likeness (QED) is 0.478. The minimum Gasteiger partial charge on any atom is -0.394 e. The van der Waals surface area contributed by atoms with Crippen LogP contribution < -0.4 is 0 Å². The Kier molecular flexibility index (Phi) is 7.94. The van der Waals surface area contributed by atoms with Gasteiger partial charge in [0.15, 0.2) is 0 Å². The van der Waals surface area contributed by atoms with Gasteiger partial charge in [-0.05, 0) is 30.7 Å². The van der Waals surface area contributed by atoms with Gasteiger partial charge in [-0.15, -0.1) is 0 Å². The molecule has 4 aliphatic heterocycles. The van der Waals surface area contributed by atoms with Crippen LogP contribution in [0.3, 0.4) is 0 Å². The minimum atomic E-state index is -1.31. The lowest BCUT2D eigenvalue weighted by Gasteiger charge is -2.41. The average Bonchev–Trinajstić information content (AvgIpc) is 3.25. The number of aliphatic hydroxyl groups excluding tert-OH is 1. The van der Waals surface area contributed by atoms with E-state index in [2.05, 4.69) is 0 Å². The molecule has 5 rings (SSSR count). The van der Waals surface area contributed by atoms with Crippen LogP contribution in [0.25, 0.3) is 0 Å². The Morgan fingerprint density at radius 1 is 0.950 bits per heavy atom. The van der Waals surface area contributed by atoms with E-state index in [4.69, 9.17) is 4.74 Å². The number of carbonyl (C=O) groups excluding carboxylic acids is 3. The lowest BCUT2D eigenvalue weighted by atomic mass is 9.73. The molecule has 40 heavy (non-hydrogen) atoms. The molecule has 0 saturated carbocycles. The first-order valence-corrected chi connectivity index (χ1v) is 14.8. The Morgan fingerprint density at radius 3 is 2.30 bits per heavy atom. The van der Waals surface area contributed by atoms with Crippen LogP contribution in [0.1, 0.15) is 52.5 Å². The molecule has 1 aromatic rings. The van der Waals surface area contributed by atoms with E-state index in [-0.39, 0.29) is 30.2 Å². The van der Waals surface area contributed by atoms with Gasteiger partial charge in [-0.1, -0.05) is 82.3 Å². The molecule has 3 amide bonds. The summed E-state index contributed by atoms with van der Waals surface area (Å²) in [7, 11) is 0. The highest BCUT2D eigenvalue weighted by Gasteiger charge is 2.75. The topological polar surface area (TPSA) is 90.4 Å². The van der Waals surface area contributed by atoms with Crippen LogP contribution >= 0.6 is 0 Å². The van der Waals surface area contributed by atoms with E-state index in [1.54, 1.807) is 9.80 Å². The lowest BCUT2D eigenvalue weighted by molar-refractivity contribution is -0.157. The standard InChI is InChI=1S/C32H43N3O5/c1-5-16-33-17-10-14-31(6-2)25(28(33)37)26-29(38)35(24(21-36)19-22(3)4)27-30(39)34(18-11-15-32(26,27)40-31)20-23-12-8-7-9-13-23/h7-15,22,24-27,36H,5-6,16-21H2,1-4H3/t24-,25+,26+,27?,31-,32+/m1/s1. The first-order chi connectivity index (χ1) is 19.2. The van der Waals surface area contributed by atoms with Crippen molar-refractivity contribution in [1.29, 1.82) is 0 Å². The second-order valence-corrected chi connectivity index (χ2v) is 12.1. The van der Waals surface area contributed by atoms with Gasteiger partial charge >= 0.3 is 0 Å². The Morgan fingerprint density at radius 2 is 1.65 bits per heavy atom. The molecule has 8 nitrogen and oxygen atoms in total. The van der Waals surface area contributed by atoms with Gasteiger partial charge in [0.1, 0.15) is 11.6 Å². The molecule has 2 saturated heterocycles. The van der Waals surface area contributed by atoms with Crippen LogP contribution in [-0.2, 0) is 25.7 Å². The Bertz CT molecular complexity index is 1180. The summed E-state index contributed by atoms with van der Waals surface area (Å²) in [5, 5.41) is 10.5. The van der Waals surface area contributed by atoms with Crippen molar-refractivity contribution in [3.63, 3.8) is 0 Å². The maximum Gasteiger partial charge on any atom is 0.249 e. The molecule has 1 N–H and O–H groups in total. The van der Waals surface area contributed by atoms with Crippen molar-refractivity contribution in [2.45, 2.75) is 76.8 Å². The van der Waals surface area contributed by atoms with Gasteiger partial charge in [0.2, 0.25) is 17.7 Å². The summed E-state index contributed by atoms with van der Waals surface area (Å²) in [6, 6.07) is 8.26. The second-order valence-electron chi connectivity index (χ2n) is 12.1. The summed E-state index contributed by atoms with van der Waals surface area (Å²) >= 11 is 0. The van der Waals surface area contributed by atoms with Crippen molar-refractivity contribution in [2.24, 2.45) is 17.8 Å². The lowest BCUT2D eigenvalue weighted by Crippen LogP contribution is -2.59. The molecular weight excluding hydrogens is 506 g/mol. The number of hydrogen-bond acceptors (Lipinski definition) is 5. The summed E-state index contributed by atoms with van der Waals surface area (Å²) in [6.45, 7) is 9.65.